The zero-order valence-corrected chi connectivity index (χ0v) is 12.6. The van der Waals surface area contributed by atoms with Crippen molar-refractivity contribution in [3.05, 3.63) is 22.3 Å². The normalized spacial score (nSPS) is 11.7. The topological polar surface area (TPSA) is 86.8 Å². The first-order valence-electron chi connectivity index (χ1n) is 6.13. The third-order valence-electron chi connectivity index (χ3n) is 2.75. The number of ether oxygens (including phenoxy) is 1. The molecule has 3 aromatic heterocycles. The average molecular weight is 343 g/mol. The molecule has 23 heavy (non-hydrogen) atoms. The first-order valence-corrected chi connectivity index (χ1v) is 6.95. The summed E-state index contributed by atoms with van der Waals surface area (Å²) >= 11 is 0.518. The number of rotatable bonds is 3. The third kappa shape index (κ3) is 2.99. The third-order valence-corrected chi connectivity index (χ3v) is 3.76. The van der Waals surface area contributed by atoms with Gasteiger partial charge in [0.1, 0.15) is 17.7 Å². The molecule has 0 atom stereocenters. The summed E-state index contributed by atoms with van der Waals surface area (Å²) in [6.07, 6.45) is -3.27. The van der Waals surface area contributed by atoms with Gasteiger partial charge in [-0.3, -0.25) is 0 Å². The molecule has 0 aliphatic carbocycles. The van der Waals surface area contributed by atoms with Gasteiger partial charge in [-0.2, -0.15) is 18.2 Å². The van der Waals surface area contributed by atoms with Gasteiger partial charge in [0.25, 0.3) is 5.89 Å². The first kappa shape index (κ1) is 15.3. The van der Waals surface area contributed by atoms with Crippen molar-refractivity contribution in [3.63, 3.8) is 0 Å². The van der Waals surface area contributed by atoms with Crippen LogP contribution in [-0.4, -0.2) is 32.2 Å². The van der Waals surface area contributed by atoms with Gasteiger partial charge in [0.15, 0.2) is 5.01 Å². The molecule has 0 aliphatic heterocycles. The molecule has 3 aromatic rings. The second kappa shape index (κ2) is 5.57. The number of nitrogens with zero attached hydrogens (tertiary/aromatic N) is 5. The van der Waals surface area contributed by atoms with E-state index < -0.39 is 11.2 Å². The van der Waals surface area contributed by atoms with E-state index in [9.17, 15) is 13.2 Å². The van der Waals surface area contributed by atoms with Gasteiger partial charge in [0.05, 0.1) is 7.11 Å². The van der Waals surface area contributed by atoms with Gasteiger partial charge in [-0.15, -0.1) is 11.3 Å². The summed E-state index contributed by atoms with van der Waals surface area (Å²) in [7, 11) is 1.44. The summed E-state index contributed by atoms with van der Waals surface area (Å²) in [4.78, 5) is 15.7. The van der Waals surface area contributed by atoms with Crippen molar-refractivity contribution in [1.82, 2.24) is 25.1 Å². The molecule has 120 valence electrons. The number of alkyl halides is 3. The Labute approximate surface area is 131 Å². The van der Waals surface area contributed by atoms with Crippen LogP contribution in [0.1, 0.15) is 9.88 Å². The molecule has 0 saturated carbocycles. The summed E-state index contributed by atoms with van der Waals surface area (Å²) in [5, 5.41) is 2.74. The maximum atomic E-state index is 12.7. The quantitative estimate of drug-likeness (QED) is 0.722. The van der Waals surface area contributed by atoms with Gasteiger partial charge in [-0.1, -0.05) is 5.16 Å². The lowest BCUT2D eigenvalue weighted by Crippen LogP contribution is -2.03. The molecule has 7 nitrogen and oxygen atoms in total. The van der Waals surface area contributed by atoms with E-state index in [0.29, 0.717) is 27.8 Å². The highest BCUT2D eigenvalue weighted by Crippen LogP contribution is 2.37. The molecule has 0 amide bonds. The predicted octanol–water partition coefficient (Wildman–Crippen LogP) is 2.99. The van der Waals surface area contributed by atoms with E-state index >= 15 is 0 Å². The summed E-state index contributed by atoms with van der Waals surface area (Å²) in [5.41, 5.74) is 0.317. The van der Waals surface area contributed by atoms with Crippen molar-refractivity contribution >= 4 is 11.3 Å². The van der Waals surface area contributed by atoms with Crippen molar-refractivity contribution in [2.24, 2.45) is 0 Å². The van der Waals surface area contributed by atoms with Crippen LogP contribution in [-0.2, 0) is 6.18 Å². The van der Waals surface area contributed by atoms with Gasteiger partial charge >= 0.3 is 6.18 Å². The Morgan fingerprint density at radius 1 is 1.22 bits per heavy atom. The SMILES string of the molecule is COc1cc(-c2noc(-c3nc(C(F)(F)F)sc3C)n2)ncn1. The average Bonchev–Trinajstić information content (AvgIpc) is 3.13. The van der Waals surface area contributed by atoms with Gasteiger partial charge in [0, 0.05) is 10.9 Å². The molecule has 0 fully saturated rings. The summed E-state index contributed by atoms with van der Waals surface area (Å²) < 4.78 is 48.1. The summed E-state index contributed by atoms with van der Waals surface area (Å²) in [6.45, 7) is 1.50. The van der Waals surface area contributed by atoms with E-state index in [1.807, 2.05) is 0 Å². The minimum Gasteiger partial charge on any atom is -0.481 e. The number of hydrogen-bond donors (Lipinski definition) is 0. The molecule has 3 heterocycles. The predicted molar refractivity (Wildman–Crippen MR) is 72.7 cm³/mol. The van der Waals surface area contributed by atoms with Gasteiger partial charge in [-0.25, -0.2) is 15.0 Å². The first-order chi connectivity index (χ1) is 10.9. The van der Waals surface area contributed by atoms with E-state index in [-0.39, 0.29) is 17.4 Å². The van der Waals surface area contributed by atoms with Crippen LogP contribution in [0.5, 0.6) is 5.88 Å². The molecular formula is C12H8F3N5O2S. The highest BCUT2D eigenvalue weighted by Gasteiger charge is 2.36. The number of halogens is 3. The molecule has 0 saturated heterocycles. The van der Waals surface area contributed by atoms with Crippen LogP contribution in [0.3, 0.4) is 0 Å². The van der Waals surface area contributed by atoms with Gasteiger partial charge < -0.3 is 9.26 Å². The smallest absolute Gasteiger partial charge is 0.443 e. The Kier molecular flexibility index (Phi) is 3.72. The van der Waals surface area contributed by atoms with Crippen LogP contribution in [0.15, 0.2) is 16.9 Å². The molecule has 0 N–H and O–H groups in total. The van der Waals surface area contributed by atoms with Crippen molar-refractivity contribution < 1.29 is 22.4 Å². The highest BCUT2D eigenvalue weighted by atomic mass is 32.1. The lowest BCUT2D eigenvalue weighted by atomic mass is 10.3. The van der Waals surface area contributed by atoms with Crippen LogP contribution in [0.25, 0.3) is 23.1 Å². The van der Waals surface area contributed by atoms with Crippen LogP contribution in [0.2, 0.25) is 0 Å². The fourth-order valence-electron chi connectivity index (χ4n) is 1.71. The molecule has 0 unspecified atom stereocenters. The largest absolute Gasteiger partial charge is 0.481 e. The second-order valence-electron chi connectivity index (χ2n) is 4.29. The lowest BCUT2D eigenvalue weighted by Gasteiger charge is -1.98. The van der Waals surface area contributed by atoms with E-state index in [1.54, 1.807) is 0 Å². The molecule has 0 spiro atoms. The van der Waals surface area contributed by atoms with E-state index in [0.717, 1.165) is 0 Å². The van der Waals surface area contributed by atoms with Crippen LogP contribution >= 0.6 is 11.3 Å². The maximum absolute atomic E-state index is 12.7. The minimum absolute atomic E-state index is 0.00194. The van der Waals surface area contributed by atoms with Gasteiger partial charge in [-0.05, 0) is 6.92 Å². The zero-order valence-electron chi connectivity index (χ0n) is 11.7. The van der Waals surface area contributed by atoms with Crippen LogP contribution in [0, 0.1) is 6.92 Å². The Hall–Kier alpha value is -2.56. The molecule has 0 radical (unpaired) electrons. The fraction of sp³-hybridized carbons (Fsp3) is 0.250. The van der Waals surface area contributed by atoms with Gasteiger partial charge in [0.2, 0.25) is 11.7 Å². The fourth-order valence-corrected chi connectivity index (χ4v) is 2.49. The summed E-state index contributed by atoms with van der Waals surface area (Å²) in [6, 6.07) is 1.48. The zero-order chi connectivity index (χ0) is 16.6. The summed E-state index contributed by atoms with van der Waals surface area (Å²) in [5.74, 6) is 0.286. The number of thiazole rings is 1. The Balaban J connectivity index is 1.97. The second-order valence-corrected chi connectivity index (χ2v) is 5.49. The van der Waals surface area contributed by atoms with Crippen molar-refractivity contribution in [1.29, 1.82) is 0 Å². The van der Waals surface area contributed by atoms with Crippen LogP contribution < -0.4 is 4.74 Å². The Morgan fingerprint density at radius 2 is 2.00 bits per heavy atom. The van der Waals surface area contributed by atoms with Crippen molar-refractivity contribution in [2.45, 2.75) is 13.1 Å². The number of aromatic nitrogens is 5. The van der Waals surface area contributed by atoms with Crippen molar-refractivity contribution in [3.8, 4) is 29.0 Å². The standard InChI is InChI=1S/C12H8F3N5O2S/c1-5-8(18-11(23-5)12(13,14)15)10-19-9(20-22-10)6-3-7(21-2)17-4-16-6/h3-4H,1-2H3. The molecule has 3 rings (SSSR count). The lowest BCUT2D eigenvalue weighted by molar-refractivity contribution is -0.137. The Morgan fingerprint density at radius 3 is 2.65 bits per heavy atom. The van der Waals surface area contributed by atoms with E-state index in [1.165, 1.54) is 26.4 Å². The van der Waals surface area contributed by atoms with E-state index in [2.05, 4.69) is 25.1 Å². The molecular weight excluding hydrogens is 335 g/mol. The minimum atomic E-state index is -4.52. The molecule has 0 bridgehead atoms. The number of aryl methyl sites for hydroxylation is 1. The molecule has 0 aromatic carbocycles. The monoisotopic (exact) mass is 343 g/mol. The highest BCUT2D eigenvalue weighted by molar-refractivity contribution is 7.12. The number of hydrogen-bond acceptors (Lipinski definition) is 8. The van der Waals surface area contributed by atoms with Crippen molar-refractivity contribution in [2.75, 3.05) is 7.11 Å². The Bertz CT molecular complexity index is 845. The number of methoxy groups -OCH3 is 1. The maximum Gasteiger partial charge on any atom is 0.443 e. The molecule has 11 heteroatoms. The van der Waals surface area contributed by atoms with E-state index in [4.69, 9.17) is 9.26 Å². The van der Waals surface area contributed by atoms with Crippen LogP contribution in [0.4, 0.5) is 13.2 Å². The molecule has 0 aliphatic rings.